The van der Waals surface area contributed by atoms with E-state index < -0.39 is 73.3 Å². The molecule has 4 unspecified atom stereocenters. The Morgan fingerprint density at radius 2 is 1.16 bits per heavy atom. The Bertz CT molecular complexity index is 874. The number of nitrogens with one attached hydrogen (secondary N) is 3. The van der Waals surface area contributed by atoms with Gasteiger partial charge in [0.05, 0.1) is 12.6 Å². The minimum Gasteiger partial charge on any atom is -0.481 e. The number of carbonyl (C=O) groups is 5. The van der Waals surface area contributed by atoms with Gasteiger partial charge in [-0.05, 0) is 32.1 Å². The molecule has 0 saturated carbocycles. The van der Waals surface area contributed by atoms with Crippen molar-refractivity contribution in [3.63, 3.8) is 0 Å². The molecule has 0 saturated heterocycles. The first kappa shape index (κ1) is 33.8. The Balaban J connectivity index is 5.35. The van der Waals surface area contributed by atoms with Crippen LogP contribution in [0.2, 0.25) is 0 Å². The molecular weight excluding hydrogens is 508 g/mol. The van der Waals surface area contributed by atoms with Crippen LogP contribution >= 0.6 is 0 Å². The van der Waals surface area contributed by atoms with E-state index in [4.69, 9.17) is 33.8 Å². The van der Waals surface area contributed by atoms with Crippen LogP contribution in [0.4, 0.5) is 0 Å². The number of aliphatic imine (C=N–C) groups is 2. The van der Waals surface area contributed by atoms with E-state index in [2.05, 4.69) is 25.9 Å². The summed E-state index contributed by atoms with van der Waals surface area (Å²) in [5.74, 6) is -5.68. The number of guanidine groups is 2. The highest BCUT2D eigenvalue weighted by atomic mass is 16.4. The molecule has 38 heavy (non-hydrogen) atoms. The molecule has 0 radical (unpaired) electrons. The average molecular weight is 547 g/mol. The van der Waals surface area contributed by atoms with Crippen molar-refractivity contribution in [2.75, 3.05) is 19.7 Å². The van der Waals surface area contributed by atoms with Crippen molar-refractivity contribution in [3.05, 3.63) is 0 Å². The van der Waals surface area contributed by atoms with Gasteiger partial charge in [0.1, 0.15) is 18.1 Å². The fourth-order valence-electron chi connectivity index (χ4n) is 2.97. The Morgan fingerprint density at radius 1 is 0.684 bits per heavy atom. The van der Waals surface area contributed by atoms with Gasteiger partial charge < -0.3 is 59.9 Å². The molecule has 18 nitrogen and oxygen atoms in total. The van der Waals surface area contributed by atoms with E-state index in [-0.39, 0.29) is 44.3 Å². The van der Waals surface area contributed by atoms with Gasteiger partial charge in [0, 0.05) is 19.5 Å². The molecule has 0 aromatic carbocycles. The van der Waals surface area contributed by atoms with Crippen LogP contribution in [-0.2, 0) is 24.0 Å². The van der Waals surface area contributed by atoms with Gasteiger partial charge in [-0.25, -0.2) is 4.79 Å². The van der Waals surface area contributed by atoms with Crippen LogP contribution in [0, 0.1) is 0 Å². The highest BCUT2D eigenvalue weighted by molar-refractivity contribution is 5.94. The lowest BCUT2D eigenvalue weighted by molar-refractivity contribution is -0.143. The summed E-state index contributed by atoms with van der Waals surface area (Å²) in [4.78, 5) is 67.5. The van der Waals surface area contributed by atoms with Crippen LogP contribution in [0.1, 0.15) is 38.5 Å². The van der Waals surface area contributed by atoms with E-state index in [1.165, 1.54) is 0 Å². The van der Waals surface area contributed by atoms with Crippen LogP contribution < -0.4 is 44.6 Å². The summed E-state index contributed by atoms with van der Waals surface area (Å²) in [5.41, 5.74) is 26.9. The van der Waals surface area contributed by atoms with Gasteiger partial charge in [-0.3, -0.25) is 29.2 Å². The summed E-state index contributed by atoms with van der Waals surface area (Å²) < 4.78 is 0. The normalized spacial score (nSPS) is 13.6. The number of carbonyl (C=O) groups excluding carboxylic acids is 3. The van der Waals surface area contributed by atoms with Gasteiger partial charge in [0.2, 0.25) is 17.7 Å². The number of aliphatic hydroxyl groups excluding tert-OH is 1. The SMILES string of the molecule is NC(N)=NCCCC(N)C(=O)NC(CCCN=C(N)N)C(=O)NC(CO)C(=O)NC(CCC(=O)O)C(=O)O. The van der Waals surface area contributed by atoms with Crippen molar-refractivity contribution >= 4 is 41.6 Å². The van der Waals surface area contributed by atoms with E-state index in [0.29, 0.717) is 6.42 Å². The third kappa shape index (κ3) is 15.0. The minimum atomic E-state index is -1.60. The van der Waals surface area contributed by atoms with Crippen LogP contribution in [0.15, 0.2) is 9.98 Å². The Labute approximate surface area is 218 Å². The highest BCUT2D eigenvalue weighted by Crippen LogP contribution is 2.04. The van der Waals surface area contributed by atoms with E-state index in [9.17, 15) is 34.2 Å². The summed E-state index contributed by atoms with van der Waals surface area (Å²) in [6.45, 7) is -0.551. The third-order valence-electron chi connectivity index (χ3n) is 4.96. The molecule has 4 atom stereocenters. The zero-order chi connectivity index (χ0) is 29.3. The number of nitrogens with two attached hydrogens (primary N) is 5. The lowest BCUT2D eigenvalue weighted by Gasteiger charge is -2.24. The summed E-state index contributed by atoms with van der Waals surface area (Å²) in [5, 5.41) is 34.3. The third-order valence-corrected chi connectivity index (χ3v) is 4.96. The first-order valence-electron chi connectivity index (χ1n) is 11.6. The maximum atomic E-state index is 12.9. The van der Waals surface area contributed by atoms with E-state index in [1.807, 2.05) is 0 Å². The first-order chi connectivity index (χ1) is 17.8. The smallest absolute Gasteiger partial charge is 0.326 e. The first-order valence-corrected chi connectivity index (χ1v) is 11.6. The monoisotopic (exact) mass is 546 g/mol. The van der Waals surface area contributed by atoms with Gasteiger partial charge >= 0.3 is 11.9 Å². The molecule has 0 aromatic rings. The molecule has 216 valence electrons. The minimum absolute atomic E-state index is 0.0191. The van der Waals surface area contributed by atoms with Crippen LogP contribution in [0.3, 0.4) is 0 Å². The van der Waals surface area contributed by atoms with E-state index >= 15 is 0 Å². The molecule has 0 rings (SSSR count). The molecule has 16 N–H and O–H groups in total. The second-order valence-electron chi connectivity index (χ2n) is 8.14. The van der Waals surface area contributed by atoms with Crippen LogP contribution in [0.5, 0.6) is 0 Å². The number of nitrogens with zero attached hydrogens (tertiary/aromatic N) is 2. The number of carboxylic acids is 2. The van der Waals surface area contributed by atoms with Crippen molar-refractivity contribution in [2.45, 2.75) is 62.7 Å². The molecule has 0 aliphatic heterocycles. The summed E-state index contributed by atoms with van der Waals surface area (Å²) >= 11 is 0. The number of aliphatic carboxylic acids is 2. The van der Waals surface area contributed by atoms with E-state index in [1.54, 1.807) is 0 Å². The molecule has 0 aliphatic rings. The van der Waals surface area contributed by atoms with Crippen molar-refractivity contribution in [1.29, 1.82) is 0 Å². The maximum Gasteiger partial charge on any atom is 0.326 e. The number of amides is 3. The largest absolute Gasteiger partial charge is 0.481 e. The van der Waals surface area contributed by atoms with Gasteiger partial charge in [-0.15, -0.1) is 0 Å². The van der Waals surface area contributed by atoms with Gasteiger partial charge in [-0.1, -0.05) is 0 Å². The van der Waals surface area contributed by atoms with Crippen LogP contribution in [-0.4, -0.2) is 101 Å². The molecule has 0 heterocycles. The van der Waals surface area contributed by atoms with E-state index in [0.717, 1.165) is 0 Å². The predicted molar refractivity (Wildman–Crippen MR) is 135 cm³/mol. The number of carboxylic acid groups (broad SMARTS) is 2. The molecule has 3 amide bonds. The zero-order valence-corrected chi connectivity index (χ0v) is 20.8. The summed E-state index contributed by atoms with van der Waals surface area (Å²) in [6.07, 6.45) is -0.128. The number of rotatable bonds is 19. The lowest BCUT2D eigenvalue weighted by atomic mass is 10.1. The van der Waals surface area contributed by atoms with Crippen molar-refractivity contribution in [1.82, 2.24) is 16.0 Å². The number of aliphatic hydroxyl groups is 1. The highest BCUT2D eigenvalue weighted by Gasteiger charge is 2.30. The van der Waals surface area contributed by atoms with Gasteiger partial charge in [0.25, 0.3) is 0 Å². The number of hydrogen-bond donors (Lipinski definition) is 11. The summed E-state index contributed by atoms with van der Waals surface area (Å²) in [7, 11) is 0. The molecule has 0 bridgehead atoms. The fourth-order valence-corrected chi connectivity index (χ4v) is 2.97. The Hall–Kier alpha value is -4.19. The van der Waals surface area contributed by atoms with Crippen molar-refractivity contribution in [2.24, 2.45) is 38.7 Å². The second kappa shape index (κ2) is 18.1. The lowest BCUT2D eigenvalue weighted by Crippen LogP contribution is -2.58. The number of hydrogen-bond acceptors (Lipinski definition) is 9. The Kier molecular flexibility index (Phi) is 16.1. The standard InChI is InChI=1S/C20H38N10O8/c21-10(3-1-7-26-19(22)23)15(34)28-11(4-2-8-27-20(24)25)16(35)30-13(9-31)17(36)29-12(18(37)38)5-6-14(32)33/h10-13,31H,1-9,21H2,(H,28,34)(H,29,36)(H,30,35)(H,32,33)(H,37,38)(H4,22,23,26)(H4,24,25,27). The average Bonchev–Trinajstić information content (AvgIpc) is 2.83. The molecular formula is C20H38N10O8. The molecule has 0 spiro atoms. The molecule has 0 aromatic heterocycles. The quantitative estimate of drug-likeness (QED) is 0.0410. The topological polar surface area (TPSA) is 337 Å². The molecule has 18 heteroatoms. The molecule has 0 fully saturated rings. The predicted octanol–water partition coefficient (Wildman–Crippen LogP) is -5.18. The van der Waals surface area contributed by atoms with Gasteiger partial charge in [-0.2, -0.15) is 0 Å². The Morgan fingerprint density at radius 3 is 1.63 bits per heavy atom. The summed E-state index contributed by atoms with van der Waals surface area (Å²) in [6, 6.07) is -5.40. The maximum absolute atomic E-state index is 12.9. The fraction of sp³-hybridized carbons (Fsp3) is 0.650. The van der Waals surface area contributed by atoms with Crippen molar-refractivity contribution < 1.29 is 39.3 Å². The zero-order valence-electron chi connectivity index (χ0n) is 20.8. The van der Waals surface area contributed by atoms with Crippen LogP contribution in [0.25, 0.3) is 0 Å². The second-order valence-corrected chi connectivity index (χ2v) is 8.14. The van der Waals surface area contributed by atoms with Gasteiger partial charge in [0.15, 0.2) is 11.9 Å². The van der Waals surface area contributed by atoms with Crippen molar-refractivity contribution in [3.8, 4) is 0 Å². The molecule has 0 aliphatic carbocycles.